The molecule has 2 N–H and O–H groups in total. The van der Waals surface area contributed by atoms with Gasteiger partial charge in [-0.15, -0.1) is 0 Å². The summed E-state index contributed by atoms with van der Waals surface area (Å²) in [4.78, 5) is 11.9. The van der Waals surface area contributed by atoms with Crippen molar-refractivity contribution in [1.82, 2.24) is 0 Å². The van der Waals surface area contributed by atoms with Gasteiger partial charge in [-0.25, -0.2) is 9.18 Å². The maximum absolute atomic E-state index is 12.8. The monoisotopic (exact) mass is 270 g/mol. The molecule has 0 atom stereocenters. The minimum atomic E-state index is -0.324. The predicted molar refractivity (Wildman–Crippen MR) is 77.5 cm³/mol. The molecule has 0 saturated heterocycles. The van der Waals surface area contributed by atoms with Gasteiger partial charge in [0.1, 0.15) is 5.82 Å². The van der Waals surface area contributed by atoms with Crippen LogP contribution in [-0.4, -0.2) is 6.03 Å². The van der Waals surface area contributed by atoms with Gasteiger partial charge in [0.2, 0.25) is 0 Å². The smallest absolute Gasteiger partial charge is 0.308 e. The maximum Gasteiger partial charge on any atom is 0.323 e. The fraction of sp³-hybridized carbons (Fsp3) is 0.188. The summed E-state index contributed by atoms with van der Waals surface area (Å²) in [5.74, 6) is 0.243. The molecule has 1 aliphatic carbocycles. The van der Waals surface area contributed by atoms with E-state index in [4.69, 9.17) is 0 Å². The van der Waals surface area contributed by atoms with E-state index in [1.807, 2.05) is 24.3 Å². The summed E-state index contributed by atoms with van der Waals surface area (Å²) >= 11 is 0. The average Bonchev–Trinajstić information content (AvgIpc) is 3.26. The molecule has 3 nitrogen and oxygen atoms in total. The molecule has 102 valence electrons. The highest BCUT2D eigenvalue weighted by atomic mass is 19.1. The zero-order chi connectivity index (χ0) is 13.9. The molecule has 3 rings (SSSR count). The first-order valence-corrected chi connectivity index (χ1v) is 6.65. The molecule has 0 unspecified atom stereocenters. The van der Waals surface area contributed by atoms with Crippen LogP contribution in [0.3, 0.4) is 0 Å². The number of nitrogens with one attached hydrogen (secondary N) is 2. The number of carbonyl (C=O) groups is 1. The number of hydrogen-bond donors (Lipinski definition) is 2. The van der Waals surface area contributed by atoms with Crippen LogP contribution >= 0.6 is 0 Å². The number of urea groups is 1. The Morgan fingerprint density at radius 1 is 1.00 bits per heavy atom. The Morgan fingerprint density at radius 2 is 1.70 bits per heavy atom. The standard InChI is InChI=1S/C16H15FN2O/c17-12-7-9-13(10-8-12)18-16(20)19-15-4-2-1-3-14(15)11-5-6-11/h1-4,7-11H,5-6H2,(H2,18,19,20). The molecule has 4 heteroatoms. The third-order valence-corrected chi connectivity index (χ3v) is 3.33. The summed E-state index contributed by atoms with van der Waals surface area (Å²) in [5, 5.41) is 5.54. The second-order valence-corrected chi connectivity index (χ2v) is 4.95. The van der Waals surface area contributed by atoms with Gasteiger partial charge in [-0.1, -0.05) is 18.2 Å². The quantitative estimate of drug-likeness (QED) is 0.855. The van der Waals surface area contributed by atoms with E-state index in [9.17, 15) is 9.18 Å². The van der Waals surface area contributed by atoms with Gasteiger partial charge in [0.25, 0.3) is 0 Å². The summed E-state index contributed by atoms with van der Waals surface area (Å²) in [6.07, 6.45) is 2.36. The van der Waals surface area contributed by atoms with Crippen LogP contribution in [0.4, 0.5) is 20.6 Å². The first-order valence-electron chi connectivity index (χ1n) is 6.65. The van der Waals surface area contributed by atoms with Crippen LogP contribution in [0, 0.1) is 5.82 Å². The molecule has 0 bridgehead atoms. The van der Waals surface area contributed by atoms with Gasteiger partial charge in [0.15, 0.2) is 0 Å². The Bertz CT molecular complexity index is 621. The SMILES string of the molecule is O=C(Nc1ccc(F)cc1)Nc1ccccc1C1CC1. The van der Waals surface area contributed by atoms with Gasteiger partial charge in [-0.2, -0.15) is 0 Å². The van der Waals surface area contributed by atoms with E-state index >= 15 is 0 Å². The van der Waals surface area contributed by atoms with Crippen LogP contribution in [0.15, 0.2) is 48.5 Å². The second-order valence-electron chi connectivity index (χ2n) is 4.95. The van der Waals surface area contributed by atoms with Crippen LogP contribution in [-0.2, 0) is 0 Å². The fourth-order valence-electron chi connectivity index (χ4n) is 2.18. The zero-order valence-corrected chi connectivity index (χ0v) is 10.9. The lowest BCUT2D eigenvalue weighted by molar-refractivity contribution is 0.262. The van der Waals surface area contributed by atoms with Crippen molar-refractivity contribution in [3.05, 3.63) is 59.9 Å². The molecule has 0 aliphatic heterocycles. The number of benzene rings is 2. The van der Waals surface area contributed by atoms with Crippen LogP contribution in [0.1, 0.15) is 24.3 Å². The molecule has 1 saturated carbocycles. The number of carbonyl (C=O) groups excluding carboxylic acids is 1. The number of anilines is 2. The normalized spacial score (nSPS) is 13.8. The van der Waals surface area contributed by atoms with Gasteiger partial charge in [-0.3, -0.25) is 0 Å². The number of amides is 2. The molecule has 2 aromatic rings. The molecule has 2 amide bonds. The Labute approximate surface area is 116 Å². The van der Waals surface area contributed by atoms with Gasteiger partial charge in [0.05, 0.1) is 0 Å². The third-order valence-electron chi connectivity index (χ3n) is 3.33. The second kappa shape index (κ2) is 5.33. The Balaban J connectivity index is 1.68. The molecule has 0 heterocycles. The molecule has 0 aromatic heterocycles. The van der Waals surface area contributed by atoms with Crippen molar-refractivity contribution < 1.29 is 9.18 Å². The summed E-state index contributed by atoms with van der Waals surface area (Å²) in [6, 6.07) is 13.2. The minimum Gasteiger partial charge on any atom is -0.308 e. The molecule has 1 aliphatic rings. The molecule has 0 radical (unpaired) electrons. The summed E-state index contributed by atoms with van der Waals surface area (Å²) in [6.45, 7) is 0. The summed E-state index contributed by atoms with van der Waals surface area (Å²) in [7, 11) is 0. The van der Waals surface area contributed by atoms with Crippen molar-refractivity contribution >= 4 is 17.4 Å². The van der Waals surface area contributed by atoms with Gasteiger partial charge >= 0.3 is 6.03 Å². The highest BCUT2D eigenvalue weighted by molar-refractivity contribution is 6.00. The van der Waals surface area contributed by atoms with Crippen molar-refractivity contribution in [2.75, 3.05) is 10.6 Å². The Kier molecular flexibility index (Phi) is 3.37. The highest BCUT2D eigenvalue weighted by Crippen LogP contribution is 2.43. The van der Waals surface area contributed by atoms with Crippen molar-refractivity contribution in [2.45, 2.75) is 18.8 Å². The average molecular weight is 270 g/mol. The topological polar surface area (TPSA) is 41.1 Å². The molecule has 1 fully saturated rings. The van der Waals surface area contributed by atoms with E-state index in [1.165, 1.54) is 42.7 Å². The lowest BCUT2D eigenvalue weighted by Gasteiger charge is -2.11. The van der Waals surface area contributed by atoms with Gasteiger partial charge in [-0.05, 0) is 54.7 Å². The van der Waals surface area contributed by atoms with Gasteiger partial charge in [0, 0.05) is 11.4 Å². The molecule has 0 spiro atoms. The lowest BCUT2D eigenvalue weighted by Crippen LogP contribution is -2.20. The summed E-state index contributed by atoms with van der Waals surface area (Å²) in [5.41, 5.74) is 2.59. The third kappa shape index (κ3) is 2.96. The number of rotatable bonds is 3. The first kappa shape index (κ1) is 12.7. The number of para-hydroxylation sites is 1. The van der Waals surface area contributed by atoms with E-state index < -0.39 is 0 Å². The van der Waals surface area contributed by atoms with Crippen molar-refractivity contribution in [3.63, 3.8) is 0 Å². The minimum absolute atomic E-state index is 0.315. The Morgan fingerprint density at radius 3 is 2.40 bits per heavy atom. The van der Waals surface area contributed by atoms with E-state index in [-0.39, 0.29) is 11.8 Å². The first-order chi connectivity index (χ1) is 9.72. The van der Waals surface area contributed by atoms with Crippen LogP contribution in [0.2, 0.25) is 0 Å². The van der Waals surface area contributed by atoms with E-state index in [2.05, 4.69) is 10.6 Å². The van der Waals surface area contributed by atoms with Crippen LogP contribution in [0.5, 0.6) is 0 Å². The summed E-state index contributed by atoms with van der Waals surface area (Å²) < 4.78 is 12.8. The lowest BCUT2D eigenvalue weighted by atomic mass is 10.1. The highest BCUT2D eigenvalue weighted by Gasteiger charge is 2.26. The fourth-order valence-corrected chi connectivity index (χ4v) is 2.18. The molecular formula is C16H15FN2O. The van der Waals surface area contributed by atoms with E-state index in [0.29, 0.717) is 11.6 Å². The zero-order valence-electron chi connectivity index (χ0n) is 10.9. The molecular weight excluding hydrogens is 255 g/mol. The Hall–Kier alpha value is -2.36. The van der Waals surface area contributed by atoms with Crippen LogP contribution in [0.25, 0.3) is 0 Å². The van der Waals surface area contributed by atoms with Crippen molar-refractivity contribution in [2.24, 2.45) is 0 Å². The van der Waals surface area contributed by atoms with Crippen LogP contribution < -0.4 is 10.6 Å². The molecule has 20 heavy (non-hydrogen) atoms. The molecule has 2 aromatic carbocycles. The number of halogens is 1. The van der Waals surface area contributed by atoms with Crippen molar-refractivity contribution in [3.8, 4) is 0 Å². The predicted octanol–water partition coefficient (Wildman–Crippen LogP) is 4.35. The largest absolute Gasteiger partial charge is 0.323 e. The van der Waals surface area contributed by atoms with E-state index in [1.54, 1.807) is 0 Å². The van der Waals surface area contributed by atoms with Gasteiger partial charge < -0.3 is 10.6 Å². The maximum atomic E-state index is 12.8. The number of hydrogen-bond acceptors (Lipinski definition) is 1. The van der Waals surface area contributed by atoms with Crippen molar-refractivity contribution in [1.29, 1.82) is 0 Å². The van der Waals surface area contributed by atoms with E-state index in [0.717, 1.165) is 5.69 Å².